The molecule has 5 unspecified atom stereocenters. The standard InChI is InChI=1S/C22H36N4O3.HI/c1-5-23-22(24-10-9-17(14(3)4)29-6-2)25-11-12-26-20(27)18-15-7-8-16(13-15)19(18)21(26)28;/h7-8,14-19H,5-6,9-13H2,1-4H3,(H2,23,24,25);1H. The second kappa shape index (κ2) is 11.5. The zero-order chi connectivity index (χ0) is 21.0. The predicted molar refractivity (Wildman–Crippen MR) is 129 cm³/mol. The topological polar surface area (TPSA) is 83.0 Å². The smallest absolute Gasteiger partial charge is 0.233 e. The van der Waals surface area contributed by atoms with Crippen LogP contribution in [-0.4, -0.2) is 61.6 Å². The average Bonchev–Trinajstić information content (AvgIpc) is 3.36. The molecule has 1 aliphatic heterocycles. The van der Waals surface area contributed by atoms with Crippen molar-refractivity contribution in [2.45, 2.75) is 46.6 Å². The summed E-state index contributed by atoms with van der Waals surface area (Å²) in [5.74, 6) is 1.48. The number of allylic oxidation sites excluding steroid dienone is 2. The van der Waals surface area contributed by atoms with Crippen molar-refractivity contribution < 1.29 is 14.3 Å². The molecule has 2 N–H and O–H groups in total. The second-order valence-electron chi connectivity index (χ2n) is 8.54. The Hall–Kier alpha value is -1.16. The van der Waals surface area contributed by atoms with E-state index < -0.39 is 0 Å². The zero-order valence-corrected chi connectivity index (χ0v) is 20.9. The lowest BCUT2D eigenvalue weighted by molar-refractivity contribution is -0.140. The molecule has 1 heterocycles. The van der Waals surface area contributed by atoms with Crippen LogP contribution in [0.4, 0.5) is 0 Å². The molecule has 30 heavy (non-hydrogen) atoms. The Kier molecular flexibility index (Phi) is 9.59. The molecule has 2 bridgehead atoms. The van der Waals surface area contributed by atoms with Gasteiger partial charge in [-0.05, 0) is 44.4 Å². The Morgan fingerprint density at radius 2 is 1.80 bits per heavy atom. The molecule has 1 saturated heterocycles. The molecule has 0 aromatic carbocycles. The van der Waals surface area contributed by atoms with Crippen LogP contribution < -0.4 is 10.6 Å². The molecule has 3 aliphatic rings. The SMILES string of the molecule is CCNC(=NCCC(OCC)C(C)C)NCCN1C(=O)C2C3C=CC(C3)C2C1=O.I. The minimum absolute atomic E-state index is 0. The van der Waals surface area contributed by atoms with Crippen molar-refractivity contribution in [2.24, 2.45) is 34.6 Å². The zero-order valence-electron chi connectivity index (χ0n) is 18.6. The molecular weight excluding hydrogens is 495 g/mol. The fourth-order valence-electron chi connectivity index (χ4n) is 4.94. The fourth-order valence-corrected chi connectivity index (χ4v) is 4.94. The lowest BCUT2D eigenvalue weighted by Crippen LogP contribution is -2.43. The van der Waals surface area contributed by atoms with Crippen LogP contribution in [0.5, 0.6) is 0 Å². The van der Waals surface area contributed by atoms with E-state index in [1.165, 1.54) is 4.90 Å². The molecular formula is C22H37IN4O3. The number of ether oxygens (including phenoxy) is 1. The lowest BCUT2D eigenvalue weighted by Gasteiger charge is -2.20. The van der Waals surface area contributed by atoms with Gasteiger partial charge in [0, 0.05) is 32.8 Å². The minimum Gasteiger partial charge on any atom is -0.378 e. The summed E-state index contributed by atoms with van der Waals surface area (Å²) in [6.45, 7) is 11.4. The number of nitrogens with one attached hydrogen (secondary N) is 2. The van der Waals surface area contributed by atoms with Gasteiger partial charge in [-0.25, -0.2) is 0 Å². The van der Waals surface area contributed by atoms with Crippen molar-refractivity contribution in [1.29, 1.82) is 0 Å². The van der Waals surface area contributed by atoms with Gasteiger partial charge in [-0.15, -0.1) is 24.0 Å². The minimum atomic E-state index is -0.120. The van der Waals surface area contributed by atoms with E-state index in [0.29, 0.717) is 38.1 Å². The number of rotatable bonds is 10. The predicted octanol–water partition coefficient (Wildman–Crippen LogP) is 2.42. The van der Waals surface area contributed by atoms with Gasteiger partial charge in [0.1, 0.15) is 0 Å². The molecule has 2 aliphatic carbocycles. The Labute approximate surface area is 197 Å². The van der Waals surface area contributed by atoms with Gasteiger partial charge in [-0.1, -0.05) is 26.0 Å². The van der Waals surface area contributed by atoms with E-state index in [0.717, 1.165) is 19.4 Å². The lowest BCUT2D eigenvalue weighted by atomic mass is 9.85. The molecule has 1 saturated carbocycles. The number of nitrogens with zero attached hydrogens (tertiary/aromatic N) is 2. The Balaban J connectivity index is 0.00000320. The number of hydrogen-bond donors (Lipinski definition) is 2. The van der Waals surface area contributed by atoms with Gasteiger partial charge < -0.3 is 15.4 Å². The quantitative estimate of drug-likeness (QED) is 0.149. The molecule has 8 heteroatoms. The summed E-state index contributed by atoms with van der Waals surface area (Å²) in [6, 6.07) is 0. The summed E-state index contributed by atoms with van der Waals surface area (Å²) >= 11 is 0. The molecule has 3 rings (SSSR count). The van der Waals surface area contributed by atoms with E-state index in [2.05, 4.69) is 41.6 Å². The third-order valence-electron chi connectivity index (χ3n) is 6.34. The van der Waals surface area contributed by atoms with Crippen LogP contribution in [0.2, 0.25) is 0 Å². The third-order valence-corrected chi connectivity index (χ3v) is 6.34. The Morgan fingerprint density at radius 3 is 2.33 bits per heavy atom. The highest BCUT2D eigenvalue weighted by Crippen LogP contribution is 2.52. The maximum absolute atomic E-state index is 12.7. The monoisotopic (exact) mass is 532 g/mol. The first kappa shape index (κ1) is 25.1. The number of amides is 2. The van der Waals surface area contributed by atoms with Gasteiger partial charge in [0.05, 0.1) is 17.9 Å². The molecule has 7 nitrogen and oxygen atoms in total. The van der Waals surface area contributed by atoms with Crippen LogP contribution in [-0.2, 0) is 14.3 Å². The molecule has 0 spiro atoms. The van der Waals surface area contributed by atoms with Gasteiger partial charge >= 0.3 is 0 Å². The van der Waals surface area contributed by atoms with Crippen LogP contribution in [0, 0.1) is 29.6 Å². The summed E-state index contributed by atoms with van der Waals surface area (Å²) in [4.78, 5) is 31.6. The first-order valence-corrected chi connectivity index (χ1v) is 11.1. The summed E-state index contributed by atoms with van der Waals surface area (Å²) < 4.78 is 5.78. The maximum atomic E-state index is 12.7. The van der Waals surface area contributed by atoms with E-state index in [-0.39, 0.29) is 65.6 Å². The molecule has 0 aromatic heterocycles. The van der Waals surface area contributed by atoms with Crippen LogP contribution >= 0.6 is 24.0 Å². The number of carbonyl (C=O) groups is 2. The number of likely N-dealkylation sites (tertiary alicyclic amines) is 1. The van der Waals surface area contributed by atoms with Gasteiger partial charge in [0.25, 0.3) is 0 Å². The maximum Gasteiger partial charge on any atom is 0.233 e. The number of guanidine groups is 1. The van der Waals surface area contributed by atoms with E-state index in [9.17, 15) is 9.59 Å². The number of carbonyl (C=O) groups excluding carboxylic acids is 2. The van der Waals surface area contributed by atoms with Gasteiger partial charge in [-0.2, -0.15) is 0 Å². The van der Waals surface area contributed by atoms with Crippen molar-refractivity contribution in [3.05, 3.63) is 12.2 Å². The number of fused-ring (bicyclic) bond motifs is 5. The van der Waals surface area contributed by atoms with Gasteiger partial charge in [0.2, 0.25) is 11.8 Å². The number of aliphatic imine (C=N–C) groups is 1. The van der Waals surface area contributed by atoms with Crippen LogP contribution in [0.3, 0.4) is 0 Å². The van der Waals surface area contributed by atoms with Crippen molar-refractivity contribution in [1.82, 2.24) is 15.5 Å². The molecule has 170 valence electrons. The van der Waals surface area contributed by atoms with E-state index in [1.54, 1.807) is 0 Å². The Morgan fingerprint density at radius 1 is 1.17 bits per heavy atom. The summed E-state index contributed by atoms with van der Waals surface area (Å²) in [5.41, 5.74) is 0. The van der Waals surface area contributed by atoms with Crippen LogP contribution in [0.1, 0.15) is 40.5 Å². The third kappa shape index (κ3) is 5.36. The number of imide groups is 1. The molecule has 0 radical (unpaired) electrons. The van der Waals surface area contributed by atoms with Crippen molar-refractivity contribution in [3.63, 3.8) is 0 Å². The summed E-state index contributed by atoms with van der Waals surface area (Å²) in [5, 5.41) is 6.49. The van der Waals surface area contributed by atoms with E-state index in [4.69, 9.17) is 4.74 Å². The van der Waals surface area contributed by atoms with Crippen LogP contribution in [0.25, 0.3) is 0 Å². The highest BCUT2D eigenvalue weighted by atomic mass is 127. The highest BCUT2D eigenvalue weighted by molar-refractivity contribution is 14.0. The number of hydrogen-bond acceptors (Lipinski definition) is 4. The normalized spacial score (nSPS) is 28.2. The van der Waals surface area contributed by atoms with Crippen molar-refractivity contribution in [2.75, 3.05) is 32.8 Å². The summed E-state index contributed by atoms with van der Waals surface area (Å²) in [6.07, 6.45) is 6.29. The molecule has 5 atom stereocenters. The van der Waals surface area contributed by atoms with Crippen molar-refractivity contribution >= 4 is 41.8 Å². The largest absolute Gasteiger partial charge is 0.378 e. The van der Waals surface area contributed by atoms with Gasteiger partial charge in [0.15, 0.2) is 5.96 Å². The highest BCUT2D eigenvalue weighted by Gasteiger charge is 2.58. The van der Waals surface area contributed by atoms with Crippen LogP contribution in [0.15, 0.2) is 17.1 Å². The van der Waals surface area contributed by atoms with E-state index in [1.807, 2.05) is 13.8 Å². The summed E-state index contributed by atoms with van der Waals surface area (Å²) in [7, 11) is 0. The first-order valence-electron chi connectivity index (χ1n) is 11.1. The second-order valence-corrected chi connectivity index (χ2v) is 8.54. The first-order chi connectivity index (χ1) is 14.0. The van der Waals surface area contributed by atoms with Gasteiger partial charge in [-0.3, -0.25) is 19.5 Å². The number of halogens is 1. The average molecular weight is 532 g/mol. The Bertz CT molecular complexity index is 637. The van der Waals surface area contributed by atoms with Crippen molar-refractivity contribution in [3.8, 4) is 0 Å². The molecule has 2 fully saturated rings. The molecule has 2 amide bonds. The fraction of sp³-hybridized carbons (Fsp3) is 0.773. The molecule has 0 aromatic rings. The van der Waals surface area contributed by atoms with E-state index >= 15 is 0 Å².